The first-order valence-electron chi connectivity index (χ1n) is 5.12. The lowest BCUT2D eigenvalue weighted by Crippen LogP contribution is -2.55. The number of hydrogen-bond acceptors (Lipinski definition) is 2. The molecule has 0 radical (unpaired) electrons. The zero-order valence-corrected chi connectivity index (χ0v) is 8.21. The van der Waals surface area contributed by atoms with E-state index in [1.165, 1.54) is 32.2 Å². The van der Waals surface area contributed by atoms with Crippen molar-refractivity contribution in [2.24, 2.45) is 5.73 Å². The highest BCUT2D eigenvalue weighted by atomic mass is 15.2. The molecule has 0 aromatic carbocycles. The van der Waals surface area contributed by atoms with Crippen LogP contribution in [0.1, 0.15) is 39.5 Å². The Labute approximate surface area is 75.1 Å². The van der Waals surface area contributed by atoms with Gasteiger partial charge >= 0.3 is 0 Å². The number of nitrogens with two attached hydrogens (primary N) is 1. The van der Waals surface area contributed by atoms with Crippen LogP contribution in [-0.2, 0) is 0 Å². The SMILES string of the molecule is CC1(C)C[C@H](N)C[C@@H]2CCCN21. The maximum atomic E-state index is 6.04. The molecule has 2 aliphatic heterocycles. The van der Waals surface area contributed by atoms with E-state index >= 15 is 0 Å². The Morgan fingerprint density at radius 3 is 2.92 bits per heavy atom. The molecular formula is C10H20N2. The van der Waals surface area contributed by atoms with Crippen molar-refractivity contribution in [2.75, 3.05) is 6.54 Å². The molecule has 2 rings (SSSR count). The van der Waals surface area contributed by atoms with E-state index in [2.05, 4.69) is 18.7 Å². The van der Waals surface area contributed by atoms with Crippen LogP contribution in [0.2, 0.25) is 0 Å². The Hall–Kier alpha value is -0.0800. The molecule has 2 heterocycles. The van der Waals surface area contributed by atoms with Gasteiger partial charge < -0.3 is 5.73 Å². The third kappa shape index (κ3) is 1.27. The Balaban J connectivity index is 2.15. The Morgan fingerprint density at radius 1 is 1.42 bits per heavy atom. The average Bonchev–Trinajstić information content (AvgIpc) is 2.32. The van der Waals surface area contributed by atoms with Crippen molar-refractivity contribution < 1.29 is 0 Å². The molecule has 0 saturated carbocycles. The summed E-state index contributed by atoms with van der Waals surface area (Å²) in [4.78, 5) is 2.66. The normalized spacial score (nSPS) is 41.2. The summed E-state index contributed by atoms with van der Waals surface area (Å²) in [7, 11) is 0. The predicted octanol–water partition coefficient (Wildman–Crippen LogP) is 1.35. The monoisotopic (exact) mass is 168 g/mol. The van der Waals surface area contributed by atoms with Gasteiger partial charge in [-0.2, -0.15) is 0 Å². The molecule has 70 valence electrons. The molecule has 2 saturated heterocycles. The van der Waals surface area contributed by atoms with Crippen LogP contribution < -0.4 is 5.73 Å². The molecule has 0 bridgehead atoms. The van der Waals surface area contributed by atoms with E-state index in [4.69, 9.17) is 5.73 Å². The van der Waals surface area contributed by atoms with Crippen molar-refractivity contribution in [1.29, 1.82) is 0 Å². The highest BCUT2D eigenvalue weighted by Gasteiger charge is 2.41. The quantitative estimate of drug-likeness (QED) is 0.591. The average molecular weight is 168 g/mol. The Bertz CT molecular complexity index is 177. The van der Waals surface area contributed by atoms with E-state index in [0.717, 1.165) is 6.04 Å². The third-order valence-electron chi connectivity index (χ3n) is 3.49. The molecule has 2 nitrogen and oxygen atoms in total. The number of nitrogens with zero attached hydrogens (tertiary/aromatic N) is 1. The number of hydrogen-bond donors (Lipinski definition) is 1. The molecule has 2 heteroatoms. The summed E-state index contributed by atoms with van der Waals surface area (Å²) in [6.45, 7) is 5.97. The summed E-state index contributed by atoms with van der Waals surface area (Å²) in [5.41, 5.74) is 6.40. The summed E-state index contributed by atoms with van der Waals surface area (Å²) in [6.07, 6.45) is 5.14. The van der Waals surface area contributed by atoms with Crippen LogP contribution in [0.25, 0.3) is 0 Å². The second-order valence-electron chi connectivity index (χ2n) is 5.00. The fraction of sp³-hybridized carbons (Fsp3) is 1.00. The maximum absolute atomic E-state index is 6.04. The van der Waals surface area contributed by atoms with Crippen molar-refractivity contribution in [2.45, 2.75) is 57.2 Å². The third-order valence-corrected chi connectivity index (χ3v) is 3.49. The Kier molecular flexibility index (Phi) is 1.92. The minimum absolute atomic E-state index is 0.360. The van der Waals surface area contributed by atoms with Gasteiger partial charge in [0.05, 0.1) is 0 Å². The highest BCUT2D eigenvalue weighted by molar-refractivity contribution is 4.98. The molecule has 2 N–H and O–H groups in total. The minimum atomic E-state index is 0.360. The fourth-order valence-electron chi connectivity index (χ4n) is 3.07. The van der Waals surface area contributed by atoms with Crippen molar-refractivity contribution in [3.05, 3.63) is 0 Å². The van der Waals surface area contributed by atoms with Gasteiger partial charge in [0.15, 0.2) is 0 Å². The summed E-state index contributed by atoms with van der Waals surface area (Å²) in [5, 5.41) is 0. The van der Waals surface area contributed by atoms with Gasteiger partial charge in [0.2, 0.25) is 0 Å². The van der Waals surface area contributed by atoms with E-state index in [1.807, 2.05) is 0 Å². The lowest BCUT2D eigenvalue weighted by molar-refractivity contribution is 0.0462. The molecule has 0 amide bonds. The van der Waals surface area contributed by atoms with Gasteiger partial charge in [0.1, 0.15) is 0 Å². The van der Waals surface area contributed by atoms with Crippen molar-refractivity contribution in [1.82, 2.24) is 4.90 Å². The largest absolute Gasteiger partial charge is 0.328 e. The smallest absolute Gasteiger partial charge is 0.0170 e. The van der Waals surface area contributed by atoms with Crippen LogP contribution in [-0.4, -0.2) is 29.1 Å². The van der Waals surface area contributed by atoms with Gasteiger partial charge in [-0.3, -0.25) is 4.90 Å². The minimum Gasteiger partial charge on any atom is -0.328 e. The van der Waals surface area contributed by atoms with Gasteiger partial charge in [-0.05, 0) is 46.1 Å². The van der Waals surface area contributed by atoms with E-state index in [-0.39, 0.29) is 0 Å². The molecule has 0 unspecified atom stereocenters. The van der Waals surface area contributed by atoms with Gasteiger partial charge in [-0.25, -0.2) is 0 Å². The van der Waals surface area contributed by atoms with E-state index in [1.54, 1.807) is 0 Å². The molecule has 2 aliphatic rings. The molecule has 0 aromatic rings. The number of fused-ring (bicyclic) bond motifs is 1. The zero-order valence-electron chi connectivity index (χ0n) is 8.21. The summed E-state index contributed by atoms with van der Waals surface area (Å²) in [5.74, 6) is 0. The van der Waals surface area contributed by atoms with Crippen molar-refractivity contribution in [3.63, 3.8) is 0 Å². The second-order valence-corrected chi connectivity index (χ2v) is 5.00. The first-order valence-corrected chi connectivity index (χ1v) is 5.12. The number of piperidine rings is 1. The summed E-state index contributed by atoms with van der Waals surface area (Å²) >= 11 is 0. The van der Waals surface area contributed by atoms with Crippen LogP contribution in [0.15, 0.2) is 0 Å². The molecule has 2 fully saturated rings. The molecule has 2 atom stereocenters. The molecule has 12 heavy (non-hydrogen) atoms. The highest BCUT2D eigenvalue weighted by Crippen LogP contribution is 2.36. The van der Waals surface area contributed by atoms with Gasteiger partial charge in [-0.15, -0.1) is 0 Å². The molecule has 0 aliphatic carbocycles. The lowest BCUT2D eigenvalue weighted by atomic mass is 9.84. The second kappa shape index (κ2) is 2.71. The topological polar surface area (TPSA) is 29.3 Å². The van der Waals surface area contributed by atoms with Gasteiger partial charge in [0, 0.05) is 17.6 Å². The standard InChI is InChI=1S/C10H20N2/c1-10(2)7-8(11)6-9-4-3-5-12(9)10/h8-9H,3-7,11H2,1-2H3/t8-,9+/m1/s1. The van der Waals surface area contributed by atoms with Crippen LogP contribution in [0.5, 0.6) is 0 Å². The van der Waals surface area contributed by atoms with Crippen LogP contribution in [0.3, 0.4) is 0 Å². The van der Waals surface area contributed by atoms with E-state index in [0.29, 0.717) is 11.6 Å². The maximum Gasteiger partial charge on any atom is 0.0170 e. The van der Waals surface area contributed by atoms with Crippen LogP contribution in [0.4, 0.5) is 0 Å². The first-order chi connectivity index (χ1) is 5.59. The van der Waals surface area contributed by atoms with Crippen LogP contribution in [0, 0.1) is 0 Å². The Morgan fingerprint density at radius 2 is 2.17 bits per heavy atom. The zero-order chi connectivity index (χ0) is 8.77. The van der Waals surface area contributed by atoms with Crippen molar-refractivity contribution >= 4 is 0 Å². The summed E-state index contributed by atoms with van der Waals surface area (Å²) in [6, 6.07) is 1.24. The van der Waals surface area contributed by atoms with Gasteiger partial charge in [0.25, 0.3) is 0 Å². The van der Waals surface area contributed by atoms with Gasteiger partial charge in [-0.1, -0.05) is 0 Å². The summed E-state index contributed by atoms with van der Waals surface area (Å²) < 4.78 is 0. The van der Waals surface area contributed by atoms with Crippen LogP contribution >= 0.6 is 0 Å². The van der Waals surface area contributed by atoms with Crippen molar-refractivity contribution in [3.8, 4) is 0 Å². The lowest BCUT2D eigenvalue weighted by Gasteiger charge is -2.46. The number of rotatable bonds is 0. The van der Waals surface area contributed by atoms with E-state index < -0.39 is 0 Å². The first kappa shape index (κ1) is 8.52. The fourth-order valence-corrected chi connectivity index (χ4v) is 3.07. The predicted molar refractivity (Wildman–Crippen MR) is 51.0 cm³/mol. The van der Waals surface area contributed by atoms with E-state index in [9.17, 15) is 0 Å². The molecular weight excluding hydrogens is 148 g/mol. The molecule has 0 aromatic heterocycles. The molecule has 0 spiro atoms.